The third-order valence-corrected chi connectivity index (χ3v) is 4.79. The molecule has 0 aliphatic rings. The van der Waals surface area contributed by atoms with E-state index in [4.69, 9.17) is 11.6 Å². The summed E-state index contributed by atoms with van der Waals surface area (Å²) in [6.07, 6.45) is 5.61. The summed E-state index contributed by atoms with van der Waals surface area (Å²) in [6.45, 7) is 1.98. The number of carbonyl (C=O) groups excluding carboxylic acids is 1. The van der Waals surface area contributed by atoms with Crippen LogP contribution in [0.1, 0.15) is 26.4 Å². The van der Waals surface area contributed by atoms with Gasteiger partial charge in [-0.3, -0.25) is 15.1 Å². The van der Waals surface area contributed by atoms with Gasteiger partial charge in [0.25, 0.3) is 5.91 Å². The van der Waals surface area contributed by atoms with Crippen molar-refractivity contribution in [3.63, 3.8) is 0 Å². The molecule has 0 bridgehead atoms. The summed E-state index contributed by atoms with van der Waals surface area (Å²) in [7, 11) is 0. The first-order valence-electron chi connectivity index (χ1n) is 7.03. The van der Waals surface area contributed by atoms with Crippen molar-refractivity contribution in [3.05, 3.63) is 75.5 Å². The number of hydrogen-bond acceptors (Lipinski definition) is 4. The Hall–Kier alpha value is -2.24. The third kappa shape index (κ3) is 3.75. The van der Waals surface area contributed by atoms with Crippen LogP contribution >= 0.6 is 22.9 Å². The van der Waals surface area contributed by atoms with Crippen LogP contribution in [0.2, 0.25) is 5.02 Å². The normalized spacial score (nSPS) is 10.5. The number of thiazole rings is 1. The second-order valence-electron chi connectivity index (χ2n) is 5.05. The predicted octanol–water partition coefficient (Wildman–Crippen LogP) is 4.34. The SMILES string of the molecule is Cc1cccc(Cc2cnc(NC(=O)c3cccnc3)s2)c1Cl. The van der Waals surface area contributed by atoms with E-state index in [-0.39, 0.29) is 5.91 Å². The van der Waals surface area contributed by atoms with Gasteiger partial charge >= 0.3 is 0 Å². The molecule has 3 aromatic rings. The maximum absolute atomic E-state index is 12.1. The Morgan fingerprint density at radius 3 is 2.91 bits per heavy atom. The molecule has 0 unspecified atom stereocenters. The van der Waals surface area contributed by atoms with Gasteiger partial charge in [-0.1, -0.05) is 29.8 Å². The lowest BCUT2D eigenvalue weighted by Crippen LogP contribution is -2.11. The number of nitrogens with zero attached hydrogens (tertiary/aromatic N) is 2. The van der Waals surface area contributed by atoms with E-state index in [9.17, 15) is 4.79 Å². The summed E-state index contributed by atoms with van der Waals surface area (Å²) in [6, 6.07) is 9.41. The third-order valence-electron chi connectivity index (χ3n) is 3.33. The second-order valence-corrected chi connectivity index (χ2v) is 6.55. The summed E-state index contributed by atoms with van der Waals surface area (Å²) in [5.74, 6) is -0.215. The Bertz CT molecular complexity index is 833. The van der Waals surface area contributed by atoms with Gasteiger partial charge in [0.2, 0.25) is 0 Å². The van der Waals surface area contributed by atoms with Crippen molar-refractivity contribution in [2.24, 2.45) is 0 Å². The molecule has 0 saturated heterocycles. The van der Waals surface area contributed by atoms with Crippen LogP contribution in [0.3, 0.4) is 0 Å². The molecule has 4 nitrogen and oxygen atoms in total. The molecule has 0 aliphatic heterocycles. The van der Waals surface area contributed by atoms with Crippen molar-refractivity contribution in [2.45, 2.75) is 13.3 Å². The number of halogens is 1. The minimum atomic E-state index is -0.215. The van der Waals surface area contributed by atoms with Gasteiger partial charge in [-0.2, -0.15) is 0 Å². The number of anilines is 1. The Morgan fingerprint density at radius 1 is 1.26 bits per heavy atom. The maximum Gasteiger partial charge on any atom is 0.259 e. The molecule has 0 atom stereocenters. The molecule has 2 aromatic heterocycles. The summed E-state index contributed by atoms with van der Waals surface area (Å²) in [4.78, 5) is 21.3. The zero-order valence-electron chi connectivity index (χ0n) is 12.4. The molecule has 1 amide bonds. The molecule has 6 heteroatoms. The summed E-state index contributed by atoms with van der Waals surface area (Å²) < 4.78 is 0. The number of nitrogens with one attached hydrogen (secondary N) is 1. The van der Waals surface area contributed by atoms with E-state index in [2.05, 4.69) is 15.3 Å². The van der Waals surface area contributed by atoms with Crippen LogP contribution in [-0.4, -0.2) is 15.9 Å². The fraction of sp³-hybridized carbons (Fsp3) is 0.118. The Kier molecular flexibility index (Phi) is 4.69. The highest BCUT2D eigenvalue weighted by atomic mass is 35.5. The number of amides is 1. The van der Waals surface area contributed by atoms with Crippen molar-refractivity contribution in [3.8, 4) is 0 Å². The van der Waals surface area contributed by atoms with E-state index in [0.717, 1.165) is 21.0 Å². The summed E-state index contributed by atoms with van der Waals surface area (Å²) >= 11 is 7.76. The first-order chi connectivity index (χ1) is 11.1. The Balaban J connectivity index is 1.71. The fourth-order valence-corrected chi connectivity index (χ4v) is 3.17. The van der Waals surface area contributed by atoms with Crippen molar-refractivity contribution in [1.29, 1.82) is 0 Å². The molecule has 0 fully saturated rings. The van der Waals surface area contributed by atoms with Crippen LogP contribution in [0.4, 0.5) is 5.13 Å². The summed E-state index contributed by atoms with van der Waals surface area (Å²) in [5, 5.41) is 4.13. The topological polar surface area (TPSA) is 54.9 Å². The number of hydrogen-bond donors (Lipinski definition) is 1. The van der Waals surface area contributed by atoms with Gasteiger partial charge in [0.1, 0.15) is 0 Å². The van der Waals surface area contributed by atoms with E-state index in [1.807, 2.05) is 25.1 Å². The van der Waals surface area contributed by atoms with E-state index < -0.39 is 0 Å². The van der Waals surface area contributed by atoms with Gasteiger partial charge in [0, 0.05) is 34.9 Å². The van der Waals surface area contributed by atoms with E-state index in [1.165, 1.54) is 17.5 Å². The molecular weight excluding hydrogens is 330 g/mol. The Morgan fingerprint density at radius 2 is 2.13 bits per heavy atom. The largest absolute Gasteiger partial charge is 0.298 e. The van der Waals surface area contributed by atoms with Crippen molar-refractivity contribution in [2.75, 3.05) is 5.32 Å². The van der Waals surface area contributed by atoms with Gasteiger partial charge in [-0.25, -0.2) is 4.98 Å². The van der Waals surface area contributed by atoms with Crippen molar-refractivity contribution >= 4 is 34.0 Å². The quantitative estimate of drug-likeness (QED) is 0.766. The lowest BCUT2D eigenvalue weighted by Gasteiger charge is -2.04. The number of benzene rings is 1. The number of pyridine rings is 1. The zero-order chi connectivity index (χ0) is 16.2. The van der Waals surface area contributed by atoms with Crippen LogP contribution in [0.25, 0.3) is 0 Å². The molecule has 0 radical (unpaired) electrons. The number of aryl methyl sites for hydroxylation is 1. The Labute approximate surface area is 143 Å². The van der Waals surface area contributed by atoms with E-state index >= 15 is 0 Å². The fourth-order valence-electron chi connectivity index (χ4n) is 2.15. The van der Waals surface area contributed by atoms with Crippen LogP contribution in [0.15, 0.2) is 48.9 Å². The highest BCUT2D eigenvalue weighted by molar-refractivity contribution is 7.15. The van der Waals surface area contributed by atoms with Gasteiger partial charge in [0.15, 0.2) is 5.13 Å². The van der Waals surface area contributed by atoms with Crippen LogP contribution in [-0.2, 0) is 6.42 Å². The van der Waals surface area contributed by atoms with Crippen LogP contribution in [0, 0.1) is 6.92 Å². The van der Waals surface area contributed by atoms with Crippen molar-refractivity contribution < 1.29 is 4.79 Å². The molecule has 2 heterocycles. The number of rotatable bonds is 4. The lowest BCUT2D eigenvalue weighted by atomic mass is 10.1. The molecular formula is C17H14ClN3OS. The average molecular weight is 344 g/mol. The van der Waals surface area contributed by atoms with Gasteiger partial charge < -0.3 is 0 Å². The molecule has 0 aliphatic carbocycles. The summed E-state index contributed by atoms with van der Waals surface area (Å²) in [5.41, 5.74) is 2.62. The molecule has 0 saturated carbocycles. The van der Waals surface area contributed by atoms with Crippen LogP contribution in [0.5, 0.6) is 0 Å². The monoisotopic (exact) mass is 343 g/mol. The smallest absolute Gasteiger partial charge is 0.259 e. The van der Waals surface area contributed by atoms with Gasteiger partial charge in [0.05, 0.1) is 5.56 Å². The standard InChI is InChI=1S/C17H14ClN3OS/c1-11-4-2-5-12(15(11)18)8-14-10-20-17(23-14)21-16(22)13-6-3-7-19-9-13/h2-7,9-10H,8H2,1H3,(H,20,21,22). The molecule has 0 spiro atoms. The van der Waals surface area contributed by atoms with Gasteiger partial charge in [-0.15, -0.1) is 11.3 Å². The molecule has 116 valence electrons. The molecule has 3 rings (SSSR count). The van der Waals surface area contributed by atoms with Crippen LogP contribution < -0.4 is 5.32 Å². The highest BCUT2D eigenvalue weighted by Crippen LogP contribution is 2.26. The predicted molar refractivity (Wildman–Crippen MR) is 93.3 cm³/mol. The second kappa shape index (κ2) is 6.89. The van der Waals surface area contributed by atoms with Gasteiger partial charge in [-0.05, 0) is 30.2 Å². The number of aromatic nitrogens is 2. The molecule has 1 N–H and O–H groups in total. The first-order valence-corrected chi connectivity index (χ1v) is 8.23. The average Bonchev–Trinajstić information content (AvgIpc) is 3.00. The maximum atomic E-state index is 12.1. The minimum Gasteiger partial charge on any atom is -0.298 e. The zero-order valence-corrected chi connectivity index (χ0v) is 14.0. The van der Waals surface area contributed by atoms with E-state index in [0.29, 0.717) is 17.1 Å². The first kappa shape index (κ1) is 15.6. The van der Waals surface area contributed by atoms with E-state index in [1.54, 1.807) is 24.5 Å². The van der Waals surface area contributed by atoms with Crippen molar-refractivity contribution in [1.82, 2.24) is 9.97 Å². The molecule has 1 aromatic carbocycles. The highest BCUT2D eigenvalue weighted by Gasteiger charge is 2.10. The number of carbonyl (C=O) groups is 1. The minimum absolute atomic E-state index is 0.215. The lowest BCUT2D eigenvalue weighted by molar-refractivity contribution is 0.102. The molecule has 23 heavy (non-hydrogen) atoms.